The van der Waals surface area contributed by atoms with E-state index in [0.29, 0.717) is 6.07 Å². The number of fused-ring (bicyclic) bond motifs is 1. The number of sulfone groups is 1. The molecule has 0 bridgehead atoms. The van der Waals surface area contributed by atoms with E-state index in [4.69, 9.17) is 5.73 Å². The molecule has 1 aromatic carbocycles. The Bertz CT molecular complexity index is 1250. The third kappa shape index (κ3) is 3.54. The molecule has 0 amide bonds. The third-order valence-electron chi connectivity index (χ3n) is 3.93. The van der Waals surface area contributed by atoms with Gasteiger partial charge in [-0.25, -0.2) is 17.8 Å². The van der Waals surface area contributed by atoms with E-state index < -0.39 is 50.2 Å². The summed E-state index contributed by atoms with van der Waals surface area (Å²) in [5.74, 6) is -1.18. The Kier molecular flexibility index (Phi) is 4.61. The first kappa shape index (κ1) is 19.7. The molecule has 0 saturated carbocycles. The van der Waals surface area contributed by atoms with Gasteiger partial charge in [-0.3, -0.25) is 9.36 Å². The van der Waals surface area contributed by atoms with Gasteiger partial charge >= 0.3 is 6.18 Å². The Labute approximate surface area is 155 Å². The van der Waals surface area contributed by atoms with Crippen LogP contribution in [0.1, 0.15) is 11.1 Å². The van der Waals surface area contributed by atoms with E-state index in [1.165, 1.54) is 0 Å². The van der Waals surface area contributed by atoms with Gasteiger partial charge in [-0.2, -0.15) is 18.2 Å². The molecule has 7 nitrogen and oxygen atoms in total. The highest BCUT2D eigenvalue weighted by Crippen LogP contribution is 2.33. The molecule has 3 rings (SSSR count). The first-order chi connectivity index (χ1) is 12.9. The summed E-state index contributed by atoms with van der Waals surface area (Å²) < 4.78 is 78.1. The fourth-order valence-corrected chi connectivity index (χ4v) is 3.13. The molecule has 0 spiro atoms. The van der Waals surface area contributed by atoms with E-state index in [1.54, 1.807) is 0 Å². The maximum absolute atomic E-state index is 14.2. The number of benzene rings is 1. The maximum Gasteiger partial charge on any atom is 0.416 e. The van der Waals surface area contributed by atoms with Crippen LogP contribution in [-0.2, 0) is 22.6 Å². The fraction of sp³-hybridized carbons (Fsp3) is 0.188. The summed E-state index contributed by atoms with van der Waals surface area (Å²) in [5, 5.41) is -0.611. The van der Waals surface area contributed by atoms with E-state index >= 15 is 0 Å². The van der Waals surface area contributed by atoms with Crippen LogP contribution in [0, 0.1) is 5.82 Å². The average Bonchev–Trinajstić information content (AvgIpc) is 2.57. The van der Waals surface area contributed by atoms with Crippen molar-refractivity contribution in [2.75, 3.05) is 12.0 Å². The lowest BCUT2D eigenvalue weighted by molar-refractivity contribution is -0.138. The van der Waals surface area contributed by atoms with Gasteiger partial charge in [0.2, 0.25) is 15.0 Å². The summed E-state index contributed by atoms with van der Waals surface area (Å²) in [6.07, 6.45) is -3.00. The van der Waals surface area contributed by atoms with E-state index in [0.717, 1.165) is 35.2 Å². The molecule has 0 aliphatic heterocycles. The summed E-state index contributed by atoms with van der Waals surface area (Å²) in [6, 6.07) is 3.32. The molecule has 2 heterocycles. The lowest BCUT2D eigenvalue weighted by Crippen LogP contribution is -2.25. The number of hydrogen-bond acceptors (Lipinski definition) is 6. The molecule has 148 valence electrons. The second-order valence-electron chi connectivity index (χ2n) is 5.95. The predicted octanol–water partition coefficient (Wildman–Crippen LogP) is 1.98. The van der Waals surface area contributed by atoms with Crippen LogP contribution in [0.5, 0.6) is 0 Å². The minimum Gasteiger partial charge on any atom is -0.398 e. The number of aromatic nitrogens is 3. The molecule has 0 unspecified atom stereocenters. The SMILES string of the molecule is CS(=O)(=O)c1ncc2c(N)cc(=O)n(Cc3c(F)cccc3C(F)(F)F)c2n1. The zero-order chi connectivity index (χ0) is 20.9. The number of alkyl halides is 3. The van der Waals surface area contributed by atoms with Crippen LogP contribution >= 0.6 is 0 Å². The van der Waals surface area contributed by atoms with Gasteiger partial charge in [0.1, 0.15) is 11.5 Å². The second kappa shape index (κ2) is 6.55. The number of hydrogen-bond donors (Lipinski definition) is 1. The quantitative estimate of drug-likeness (QED) is 0.517. The minimum atomic E-state index is -4.86. The van der Waals surface area contributed by atoms with Gasteiger partial charge in [0.05, 0.1) is 17.5 Å². The smallest absolute Gasteiger partial charge is 0.398 e. The Morgan fingerprint density at radius 1 is 1.25 bits per heavy atom. The molecule has 0 radical (unpaired) electrons. The van der Waals surface area contributed by atoms with Gasteiger partial charge in [0, 0.05) is 29.8 Å². The highest BCUT2D eigenvalue weighted by molar-refractivity contribution is 7.90. The number of pyridine rings is 1. The van der Waals surface area contributed by atoms with Crippen molar-refractivity contribution in [3.05, 3.63) is 57.8 Å². The minimum absolute atomic E-state index is 0.0388. The standard InChI is InChI=1S/C16H12F4N4O3S/c1-28(26,27)15-22-6-8-12(21)5-13(25)24(14(8)23-15)7-9-10(16(18,19)20)3-2-4-11(9)17/h2-6H,7,21H2,1H3. The lowest BCUT2D eigenvalue weighted by atomic mass is 10.1. The Morgan fingerprint density at radius 2 is 1.93 bits per heavy atom. The molecule has 0 aliphatic rings. The summed E-state index contributed by atoms with van der Waals surface area (Å²) >= 11 is 0. The van der Waals surface area contributed by atoms with Gasteiger partial charge in [-0.05, 0) is 12.1 Å². The van der Waals surface area contributed by atoms with Crippen molar-refractivity contribution in [2.24, 2.45) is 0 Å². The zero-order valence-corrected chi connectivity index (χ0v) is 15.0. The molecule has 0 aliphatic carbocycles. The van der Waals surface area contributed by atoms with Crippen molar-refractivity contribution in [1.82, 2.24) is 14.5 Å². The number of nitrogen functional groups attached to an aromatic ring is 1. The first-order valence-corrected chi connectivity index (χ1v) is 9.49. The van der Waals surface area contributed by atoms with Gasteiger partial charge in [0.15, 0.2) is 0 Å². The topological polar surface area (TPSA) is 108 Å². The zero-order valence-electron chi connectivity index (χ0n) is 14.2. The summed E-state index contributed by atoms with van der Waals surface area (Å²) in [6.45, 7) is -0.836. The van der Waals surface area contributed by atoms with Crippen molar-refractivity contribution in [3.8, 4) is 0 Å². The van der Waals surface area contributed by atoms with Gasteiger partial charge in [-0.1, -0.05) is 6.07 Å². The molecule has 0 atom stereocenters. The molecule has 12 heteroatoms. The van der Waals surface area contributed by atoms with E-state index in [1.807, 2.05) is 0 Å². The largest absolute Gasteiger partial charge is 0.416 e. The molecule has 0 saturated heterocycles. The van der Waals surface area contributed by atoms with Crippen molar-refractivity contribution >= 4 is 26.6 Å². The predicted molar refractivity (Wildman–Crippen MR) is 91.8 cm³/mol. The second-order valence-corrected chi connectivity index (χ2v) is 7.86. The van der Waals surface area contributed by atoms with Crippen molar-refractivity contribution < 1.29 is 26.0 Å². The Balaban J connectivity index is 2.32. The summed E-state index contributed by atoms with van der Waals surface area (Å²) in [7, 11) is -3.88. The van der Waals surface area contributed by atoms with Gasteiger partial charge < -0.3 is 5.73 Å². The van der Waals surface area contributed by atoms with Crippen molar-refractivity contribution in [3.63, 3.8) is 0 Å². The van der Waals surface area contributed by atoms with Crippen molar-refractivity contribution in [1.29, 1.82) is 0 Å². The first-order valence-electron chi connectivity index (χ1n) is 7.60. The average molecular weight is 416 g/mol. The van der Waals surface area contributed by atoms with Crippen molar-refractivity contribution in [2.45, 2.75) is 17.9 Å². The van der Waals surface area contributed by atoms with Gasteiger partial charge in [-0.15, -0.1) is 0 Å². The number of halogens is 4. The molecule has 2 N–H and O–H groups in total. The molecular formula is C16H12F4N4O3S. The third-order valence-corrected chi connectivity index (χ3v) is 4.79. The number of nitrogens with two attached hydrogens (primary N) is 1. The molecule has 3 aromatic rings. The number of rotatable bonds is 3. The molecule has 2 aromatic heterocycles. The number of nitrogens with zero attached hydrogens (tertiary/aromatic N) is 3. The Morgan fingerprint density at radius 3 is 2.54 bits per heavy atom. The van der Waals surface area contributed by atoms with Crippen LogP contribution < -0.4 is 11.3 Å². The summed E-state index contributed by atoms with van der Waals surface area (Å²) in [4.78, 5) is 19.8. The van der Waals surface area contributed by atoms with Crippen LogP contribution in [0.15, 0.2) is 40.4 Å². The molecule has 28 heavy (non-hydrogen) atoms. The molecule has 0 fully saturated rings. The number of anilines is 1. The lowest BCUT2D eigenvalue weighted by Gasteiger charge is -2.16. The fourth-order valence-electron chi connectivity index (χ4n) is 2.63. The van der Waals surface area contributed by atoms with E-state index in [2.05, 4.69) is 9.97 Å². The highest BCUT2D eigenvalue weighted by Gasteiger charge is 2.34. The normalized spacial score (nSPS) is 12.5. The molecular weight excluding hydrogens is 404 g/mol. The van der Waals surface area contributed by atoms with Crippen LogP contribution in [0.4, 0.5) is 23.2 Å². The van der Waals surface area contributed by atoms with E-state index in [-0.39, 0.29) is 16.7 Å². The highest BCUT2D eigenvalue weighted by atomic mass is 32.2. The van der Waals surface area contributed by atoms with Crippen LogP contribution in [0.2, 0.25) is 0 Å². The monoisotopic (exact) mass is 416 g/mol. The Hall–Kier alpha value is -3.02. The van der Waals surface area contributed by atoms with Crippen LogP contribution in [-0.4, -0.2) is 29.2 Å². The summed E-state index contributed by atoms with van der Waals surface area (Å²) in [5.41, 5.74) is 2.36. The van der Waals surface area contributed by atoms with Crippen LogP contribution in [0.25, 0.3) is 11.0 Å². The van der Waals surface area contributed by atoms with Gasteiger partial charge in [0.25, 0.3) is 5.56 Å². The van der Waals surface area contributed by atoms with E-state index in [9.17, 15) is 30.8 Å². The van der Waals surface area contributed by atoms with Crippen LogP contribution in [0.3, 0.4) is 0 Å². The maximum atomic E-state index is 14.2.